The summed E-state index contributed by atoms with van der Waals surface area (Å²) in [5.74, 6) is -0.538. The Labute approximate surface area is 158 Å². The molecule has 0 unspecified atom stereocenters. The number of thiophene rings is 1. The van der Waals surface area contributed by atoms with Crippen molar-refractivity contribution >= 4 is 44.1 Å². The van der Waals surface area contributed by atoms with Gasteiger partial charge in [0, 0.05) is 4.88 Å². The van der Waals surface area contributed by atoms with Crippen LogP contribution < -0.4 is 5.32 Å². The Kier molecular flexibility index (Phi) is 5.96. The molecule has 0 spiro atoms. The van der Waals surface area contributed by atoms with Gasteiger partial charge in [0.15, 0.2) is 10.4 Å². The molecule has 2 heterocycles. The van der Waals surface area contributed by atoms with Crippen LogP contribution in [0.5, 0.6) is 0 Å². The minimum absolute atomic E-state index is 0.197. The maximum absolute atomic E-state index is 12.5. The smallest absolute Gasteiger partial charge is 0.341 e. The number of rotatable bonds is 4. The van der Waals surface area contributed by atoms with Gasteiger partial charge in [0.25, 0.3) is 5.91 Å². The summed E-state index contributed by atoms with van der Waals surface area (Å²) >= 11 is 4.67. The van der Waals surface area contributed by atoms with E-state index >= 15 is 0 Å². The number of ether oxygens (including phenoxy) is 1. The monoisotopic (exact) mass is 425 g/mol. The first-order valence-corrected chi connectivity index (χ1v) is 10.1. The van der Waals surface area contributed by atoms with E-state index in [9.17, 15) is 9.59 Å². The van der Waals surface area contributed by atoms with Gasteiger partial charge in [0.2, 0.25) is 0 Å². The van der Waals surface area contributed by atoms with Gasteiger partial charge in [-0.25, -0.2) is 4.79 Å². The molecule has 5 nitrogen and oxygen atoms in total. The van der Waals surface area contributed by atoms with Crippen molar-refractivity contribution in [2.45, 2.75) is 45.4 Å². The third-order valence-corrected chi connectivity index (χ3v) is 5.81. The van der Waals surface area contributed by atoms with E-state index in [0.29, 0.717) is 21.8 Å². The molecule has 0 saturated heterocycles. The summed E-state index contributed by atoms with van der Waals surface area (Å²) in [4.78, 5) is 26.1. The van der Waals surface area contributed by atoms with Crippen molar-refractivity contribution in [2.24, 2.45) is 0 Å². The number of halogens is 1. The van der Waals surface area contributed by atoms with Crippen LogP contribution in [0.3, 0.4) is 0 Å². The minimum atomic E-state index is -0.370. The molecule has 1 N–H and O–H groups in total. The number of hydrogen-bond acceptors (Lipinski definition) is 5. The highest BCUT2D eigenvalue weighted by atomic mass is 79.9. The summed E-state index contributed by atoms with van der Waals surface area (Å²) < 4.78 is 11.0. The fourth-order valence-electron chi connectivity index (χ4n) is 3.03. The maximum atomic E-state index is 12.5. The van der Waals surface area contributed by atoms with Crippen LogP contribution in [0.1, 0.15) is 64.0 Å². The predicted octanol–water partition coefficient (Wildman–Crippen LogP) is 5.19. The number of furan rings is 1. The molecule has 7 heteroatoms. The second kappa shape index (κ2) is 8.19. The van der Waals surface area contributed by atoms with E-state index in [1.807, 2.05) is 0 Å². The zero-order valence-corrected chi connectivity index (χ0v) is 16.4. The highest BCUT2D eigenvalue weighted by Gasteiger charge is 2.27. The van der Waals surface area contributed by atoms with Crippen molar-refractivity contribution in [1.82, 2.24) is 0 Å². The van der Waals surface area contributed by atoms with E-state index in [1.165, 1.54) is 29.1 Å². The zero-order chi connectivity index (χ0) is 17.8. The summed E-state index contributed by atoms with van der Waals surface area (Å²) in [5, 5.41) is 3.40. The molecular weight excluding hydrogens is 406 g/mol. The lowest BCUT2D eigenvalue weighted by atomic mass is 9.96. The van der Waals surface area contributed by atoms with Gasteiger partial charge in [0.05, 0.1) is 12.2 Å². The van der Waals surface area contributed by atoms with Crippen molar-refractivity contribution < 1.29 is 18.7 Å². The molecule has 3 rings (SSSR count). The van der Waals surface area contributed by atoms with Crippen LogP contribution in [0.4, 0.5) is 5.00 Å². The molecule has 0 radical (unpaired) electrons. The van der Waals surface area contributed by atoms with Gasteiger partial charge in [-0.1, -0.05) is 12.8 Å². The SMILES string of the molecule is CCOC(=O)c1c(NC(=O)c2ccc(Br)o2)sc2c1CCCCCC2. The van der Waals surface area contributed by atoms with Crippen LogP contribution in [-0.4, -0.2) is 18.5 Å². The van der Waals surface area contributed by atoms with Gasteiger partial charge in [-0.15, -0.1) is 11.3 Å². The molecule has 134 valence electrons. The number of nitrogens with one attached hydrogen (secondary N) is 1. The van der Waals surface area contributed by atoms with Crippen LogP contribution in [-0.2, 0) is 17.6 Å². The lowest BCUT2D eigenvalue weighted by Gasteiger charge is -2.11. The number of hydrogen-bond donors (Lipinski definition) is 1. The molecule has 25 heavy (non-hydrogen) atoms. The highest BCUT2D eigenvalue weighted by molar-refractivity contribution is 9.10. The number of carbonyl (C=O) groups is 2. The maximum Gasteiger partial charge on any atom is 0.341 e. The fraction of sp³-hybridized carbons (Fsp3) is 0.444. The number of fused-ring (bicyclic) bond motifs is 1. The molecule has 0 bridgehead atoms. The number of amides is 1. The first kappa shape index (κ1) is 18.2. The Balaban J connectivity index is 1.94. The van der Waals surface area contributed by atoms with E-state index < -0.39 is 0 Å². The zero-order valence-electron chi connectivity index (χ0n) is 14.0. The summed E-state index contributed by atoms with van der Waals surface area (Å²) in [6.45, 7) is 2.09. The summed E-state index contributed by atoms with van der Waals surface area (Å²) in [6.07, 6.45) is 6.31. The van der Waals surface area contributed by atoms with Crippen molar-refractivity contribution in [3.05, 3.63) is 38.6 Å². The van der Waals surface area contributed by atoms with Gasteiger partial charge < -0.3 is 14.5 Å². The van der Waals surface area contributed by atoms with Crippen molar-refractivity contribution in [1.29, 1.82) is 0 Å². The second-order valence-electron chi connectivity index (χ2n) is 5.90. The molecular formula is C18H20BrNO4S. The van der Waals surface area contributed by atoms with Crippen molar-refractivity contribution in [2.75, 3.05) is 11.9 Å². The first-order chi connectivity index (χ1) is 12.1. The summed E-state index contributed by atoms with van der Waals surface area (Å²) in [6, 6.07) is 3.25. The Hall–Kier alpha value is -1.60. The quantitative estimate of drug-likeness (QED) is 0.683. The van der Waals surface area contributed by atoms with E-state index in [0.717, 1.165) is 31.2 Å². The molecule has 0 saturated carbocycles. The number of anilines is 1. The molecule has 0 fully saturated rings. The van der Waals surface area contributed by atoms with E-state index in [4.69, 9.17) is 9.15 Å². The molecule has 0 atom stereocenters. The Morgan fingerprint density at radius 1 is 1.24 bits per heavy atom. The molecule has 2 aromatic rings. The van der Waals surface area contributed by atoms with Gasteiger partial charge in [-0.2, -0.15) is 0 Å². The fourth-order valence-corrected chi connectivity index (χ4v) is 4.61. The standard InChI is InChI=1S/C18H20BrNO4S/c1-2-23-18(22)15-11-7-5-3-4-6-8-13(11)25-17(15)20-16(21)12-9-10-14(19)24-12/h9-10H,2-8H2,1H3,(H,20,21). The molecule has 1 aliphatic rings. The highest BCUT2D eigenvalue weighted by Crippen LogP contribution is 2.38. The first-order valence-electron chi connectivity index (χ1n) is 8.48. The van der Waals surface area contributed by atoms with Gasteiger partial charge >= 0.3 is 5.97 Å². The predicted molar refractivity (Wildman–Crippen MR) is 101 cm³/mol. The van der Waals surface area contributed by atoms with Crippen LogP contribution in [0, 0.1) is 0 Å². The number of aryl methyl sites for hydroxylation is 1. The third-order valence-electron chi connectivity index (χ3n) is 4.17. The van der Waals surface area contributed by atoms with Crippen LogP contribution in [0.15, 0.2) is 21.2 Å². The van der Waals surface area contributed by atoms with E-state index in [-0.39, 0.29) is 17.6 Å². The van der Waals surface area contributed by atoms with Gasteiger partial charge in [0.1, 0.15) is 5.00 Å². The van der Waals surface area contributed by atoms with Gasteiger partial charge in [-0.3, -0.25) is 4.79 Å². The molecule has 1 amide bonds. The van der Waals surface area contributed by atoms with Crippen molar-refractivity contribution in [3.8, 4) is 0 Å². The Bertz CT molecular complexity index is 780. The number of esters is 1. The normalized spacial score (nSPS) is 14.3. The molecule has 1 aliphatic carbocycles. The van der Waals surface area contributed by atoms with Crippen LogP contribution in [0.2, 0.25) is 0 Å². The number of carbonyl (C=O) groups excluding carboxylic acids is 2. The lowest BCUT2D eigenvalue weighted by molar-refractivity contribution is 0.0526. The topological polar surface area (TPSA) is 68.5 Å². The second-order valence-corrected chi connectivity index (χ2v) is 7.79. The third kappa shape index (κ3) is 4.15. The average Bonchev–Trinajstić information content (AvgIpc) is 3.12. The lowest BCUT2D eigenvalue weighted by Crippen LogP contribution is -2.15. The van der Waals surface area contributed by atoms with E-state index in [1.54, 1.807) is 19.1 Å². The van der Waals surface area contributed by atoms with Gasteiger partial charge in [-0.05, 0) is 66.2 Å². The van der Waals surface area contributed by atoms with E-state index in [2.05, 4.69) is 21.2 Å². The minimum Gasteiger partial charge on any atom is -0.462 e. The molecule has 0 aromatic carbocycles. The Morgan fingerprint density at radius 2 is 2.00 bits per heavy atom. The molecule has 0 aliphatic heterocycles. The largest absolute Gasteiger partial charge is 0.462 e. The van der Waals surface area contributed by atoms with Crippen LogP contribution in [0.25, 0.3) is 0 Å². The van der Waals surface area contributed by atoms with Crippen LogP contribution >= 0.6 is 27.3 Å². The van der Waals surface area contributed by atoms with Crippen molar-refractivity contribution in [3.63, 3.8) is 0 Å². The average molecular weight is 426 g/mol. The summed E-state index contributed by atoms with van der Waals surface area (Å²) in [5.41, 5.74) is 1.56. The summed E-state index contributed by atoms with van der Waals surface area (Å²) in [7, 11) is 0. The molecule has 2 aromatic heterocycles. The Morgan fingerprint density at radius 3 is 2.68 bits per heavy atom.